The molecule has 0 spiro atoms. The van der Waals surface area contributed by atoms with Crippen LogP contribution < -0.4 is 21.3 Å². The molecule has 4 N–H and O–H groups in total. The van der Waals surface area contributed by atoms with E-state index < -0.39 is 5.91 Å². The van der Waals surface area contributed by atoms with Crippen molar-refractivity contribution >= 4 is 23.2 Å². The first-order valence-electron chi connectivity index (χ1n) is 10.3. The van der Waals surface area contributed by atoms with Gasteiger partial charge in [0.05, 0.1) is 11.3 Å². The van der Waals surface area contributed by atoms with E-state index >= 15 is 0 Å². The van der Waals surface area contributed by atoms with E-state index in [0.717, 1.165) is 61.5 Å². The summed E-state index contributed by atoms with van der Waals surface area (Å²) in [4.78, 5) is 30.0. The normalized spacial score (nSPS) is 17.5. The Bertz CT molecular complexity index is 891. The van der Waals surface area contributed by atoms with Crippen molar-refractivity contribution in [1.82, 2.24) is 10.3 Å². The number of pyridine rings is 1. The van der Waals surface area contributed by atoms with Crippen molar-refractivity contribution in [3.63, 3.8) is 0 Å². The van der Waals surface area contributed by atoms with Crippen LogP contribution in [0, 0.1) is 0 Å². The molecule has 7 heteroatoms. The van der Waals surface area contributed by atoms with Crippen LogP contribution in [0.1, 0.15) is 47.3 Å². The van der Waals surface area contributed by atoms with Gasteiger partial charge < -0.3 is 21.3 Å². The lowest BCUT2D eigenvalue weighted by molar-refractivity contribution is -0.117. The molecule has 2 aromatic rings. The van der Waals surface area contributed by atoms with Crippen LogP contribution in [-0.2, 0) is 11.2 Å². The summed E-state index contributed by atoms with van der Waals surface area (Å²) >= 11 is 0. The Balaban J connectivity index is 1.49. The number of carbonyl (C=O) groups excluding carboxylic acids is 2. The molecule has 2 aliphatic heterocycles. The van der Waals surface area contributed by atoms with Crippen molar-refractivity contribution in [1.29, 1.82) is 0 Å². The molecular formula is C22H27N5O2. The van der Waals surface area contributed by atoms with Gasteiger partial charge in [0.2, 0.25) is 5.91 Å². The predicted octanol–water partition coefficient (Wildman–Crippen LogP) is 2.06. The highest BCUT2D eigenvalue weighted by Gasteiger charge is 2.21. The Kier molecular flexibility index (Phi) is 5.76. The van der Waals surface area contributed by atoms with Crippen molar-refractivity contribution in [2.75, 3.05) is 29.9 Å². The standard InChI is InChI=1S/C22H27N5O2/c23-22(29)19-14-25-17(13-20(19)26-16-7-9-24-10-8-16)12-15-3-5-18(6-4-15)27-11-1-2-21(27)28/h3-6,13-14,16,24H,1-2,7-12H2,(H2,23,29)(H,25,26). The van der Waals surface area contributed by atoms with Gasteiger partial charge >= 0.3 is 0 Å². The lowest BCUT2D eigenvalue weighted by atomic mass is 10.0. The van der Waals surface area contributed by atoms with E-state index in [1.165, 1.54) is 0 Å². The molecule has 0 radical (unpaired) electrons. The molecule has 2 fully saturated rings. The van der Waals surface area contributed by atoms with Gasteiger partial charge in [-0.3, -0.25) is 14.6 Å². The number of benzene rings is 1. The lowest BCUT2D eigenvalue weighted by Gasteiger charge is -2.25. The Labute approximate surface area is 170 Å². The van der Waals surface area contributed by atoms with Crippen molar-refractivity contribution in [2.24, 2.45) is 5.73 Å². The fourth-order valence-electron chi connectivity index (χ4n) is 4.02. The minimum atomic E-state index is -0.472. The summed E-state index contributed by atoms with van der Waals surface area (Å²) < 4.78 is 0. The molecule has 2 aliphatic rings. The third-order valence-corrected chi connectivity index (χ3v) is 5.63. The Morgan fingerprint density at radius 1 is 1.24 bits per heavy atom. The molecular weight excluding hydrogens is 366 g/mol. The molecule has 0 aliphatic carbocycles. The van der Waals surface area contributed by atoms with E-state index in [1.807, 2.05) is 35.2 Å². The minimum Gasteiger partial charge on any atom is -0.381 e. The predicted molar refractivity (Wildman–Crippen MR) is 113 cm³/mol. The first-order valence-corrected chi connectivity index (χ1v) is 10.3. The van der Waals surface area contributed by atoms with Crippen LogP contribution in [0.2, 0.25) is 0 Å². The van der Waals surface area contributed by atoms with Gasteiger partial charge in [0, 0.05) is 43.0 Å². The van der Waals surface area contributed by atoms with E-state index in [-0.39, 0.29) is 5.91 Å². The van der Waals surface area contributed by atoms with E-state index in [0.29, 0.717) is 24.4 Å². The van der Waals surface area contributed by atoms with Crippen LogP contribution in [0.5, 0.6) is 0 Å². The number of carbonyl (C=O) groups is 2. The Morgan fingerprint density at radius 2 is 2.00 bits per heavy atom. The Hall–Kier alpha value is -2.93. The molecule has 29 heavy (non-hydrogen) atoms. The summed E-state index contributed by atoms with van der Waals surface area (Å²) in [7, 11) is 0. The zero-order valence-electron chi connectivity index (χ0n) is 16.5. The van der Waals surface area contributed by atoms with Crippen LogP contribution in [0.15, 0.2) is 36.5 Å². The fourth-order valence-corrected chi connectivity index (χ4v) is 4.02. The van der Waals surface area contributed by atoms with E-state index in [1.54, 1.807) is 6.20 Å². The summed E-state index contributed by atoms with van der Waals surface area (Å²) in [5.74, 6) is -0.282. The SMILES string of the molecule is NC(=O)c1cnc(Cc2ccc(N3CCCC3=O)cc2)cc1NC1CCNCC1. The van der Waals surface area contributed by atoms with Crippen molar-refractivity contribution in [2.45, 2.75) is 38.1 Å². The molecule has 7 nitrogen and oxygen atoms in total. The van der Waals surface area contributed by atoms with Crippen LogP contribution in [0.25, 0.3) is 0 Å². The third-order valence-electron chi connectivity index (χ3n) is 5.63. The second-order valence-corrected chi connectivity index (χ2v) is 7.75. The maximum absolute atomic E-state index is 11.9. The van der Waals surface area contributed by atoms with Gasteiger partial charge in [-0.2, -0.15) is 0 Å². The second-order valence-electron chi connectivity index (χ2n) is 7.75. The van der Waals surface area contributed by atoms with Gasteiger partial charge in [-0.25, -0.2) is 0 Å². The molecule has 2 saturated heterocycles. The highest BCUT2D eigenvalue weighted by Crippen LogP contribution is 2.24. The summed E-state index contributed by atoms with van der Waals surface area (Å²) in [6.07, 6.45) is 5.78. The average molecular weight is 393 g/mol. The molecule has 0 unspecified atom stereocenters. The van der Waals surface area contributed by atoms with E-state index in [9.17, 15) is 9.59 Å². The second kappa shape index (κ2) is 8.61. The molecule has 152 valence electrons. The number of anilines is 2. The van der Waals surface area contributed by atoms with Gasteiger partial charge in [-0.15, -0.1) is 0 Å². The van der Waals surface area contributed by atoms with Crippen molar-refractivity contribution in [3.8, 4) is 0 Å². The van der Waals surface area contributed by atoms with Crippen LogP contribution in [0.3, 0.4) is 0 Å². The number of hydrogen-bond donors (Lipinski definition) is 3. The monoisotopic (exact) mass is 393 g/mol. The number of rotatable bonds is 6. The number of nitrogens with zero attached hydrogens (tertiary/aromatic N) is 2. The van der Waals surface area contributed by atoms with Gasteiger partial charge in [0.15, 0.2) is 0 Å². The molecule has 3 heterocycles. The van der Waals surface area contributed by atoms with Gasteiger partial charge in [-0.05, 0) is 56.1 Å². The van der Waals surface area contributed by atoms with E-state index in [4.69, 9.17) is 5.73 Å². The van der Waals surface area contributed by atoms with Crippen LogP contribution in [0.4, 0.5) is 11.4 Å². The van der Waals surface area contributed by atoms with Gasteiger partial charge in [0.25, 0.3) is 5.91 Å². The first-order chi connectivity index (χ1) is 14.1. The van der Waals surface area contributed by atoms with E-state index in [2.05, 4.69) is 15.6 Å². The molecule has 4 rings (SSSR count). The number of amides is 2. The zero-order chi connectivity index (χ0) is 20.2. The molecule has 0 atom stereocenters. The third kappa shape index (κ3) is 4.56. The van der Waals surface area contributed by atoms with Crippen molar-refractivity contribution in [3.05, 3.63) is 53.3 Å². The lowest BCUT2D eigenvalue weighted by Crippen LogP contribution is -2.35. The smallest absolute Gasteiger partial charge is 0.252 e. The number of nitrogens with one attached hydrogen (secondary N) is 2. The van der Waals surface area contributed by atoms with Gasteiger partial charge in [-0.1, -0.05) is 12.1 Å². The summed E-state index contributed by atoms with van der Waals surface area (Å²) in [6, 6.07) is 10.3. The number of primary amides is 1. The van der Waals surface area contributed by atoms with Gasteiger partial charge in [0.1, 0.15) is 0 Å². The number of nitrogens with two attached hydrogens (primary N) is 1. The zero-order valence-corrected chi connectivity index (χ0v) is 16.5. The molecule has 1 aromatic heterocycles. The number of aromatic nitrogens is 1. The highest BCUT2D eigenvalue weighted by atomic mass is 16.2. The molecule has 1 aromatic carbocycles. The number of piperidine rings is 1. The molecule has 0 bridgehead atoms. The van der Waals surface area contributed by atoms with Crippen LogP contribution in [-0.4, -0.2) is 42.5 Å². The summed E-state index contributed by atoms with van der Waals surface area (Å²) in [5, 5.41) is 6.82. The first kappa shape index (κ1) is 19.4. The largest absolute Gasteiger partial charge is 0.381 e. The highest BCUT2D eigenvalue weighted by molar-refractivity contribution is 5.98. The average Bonchev–Trinajstić information content (AvgIpc) is 3.15. The van der Waals surface area contributed by atoms with Crippen molar-refractivity contribution < 1.29 is 9.59 Å². The quantitative estimate of drug-likeness (QED) is 0.698. The fraction of sp³-hybridized carbons (Fsp3) is 0.409. The minimum absolute atomic E-state index is 0.190. The topological polar surface area (TPSA) is 100 Å². The maximum Gasteiger partial charge on any atom is 0.252 e. The summed E-state index contributed by atoms with van der Waals surface area (Å²) in [6.45, 7) is 2.72. The number of hydrogen-bond acceptors (Lipinski definition) is 5. The summed E-state index contributed by atoms with van der Waals surface area (Å²) in [5.41, 5.74) is 9.65. The molecule has 0 saturated carbocycles. The van der Waals surface area contributed by atoms with Crippen LogP contribution >= 0.6 is 0 Å². The molecule has 2 amide bonds. The Morgan fingerprint density at radius 3 is 2.66 bits per heavy atom. The maximum atomic E-state index is 11.9.